The third-order valence-corrected chi connectivity index (χ3v) is 3.72. The van der Waals surface area contributed by atoms with Crippen LogP contribution < -0.4 is 5.32 Å². The van der Waals surface area contributed by atoms with E-state index in [4.69, 9.17) is 9.84 Å². The molecule has 19 heavy (non-hydrogen) atoms. The molecule has 0 amide bonds. The highest BCUT2D eigenvalue weighted by molar-refractivity contribution is 5.70. The van der Waals surface area contributed by atoms with Gasteiger partial charge in [0, 0.05) is 19.7 Å². The maximum Gasteiger partial charge on any atom is 0.307 e. The summed E-state index contributed by atoms with van der Waals surface area (Å²) in [6.45, 7) is 4.59. The Morgan fingerprint density at radius 1 is 1.42 bits per heavy atom. The number of nitrogens with one attached hydrogen (secondary N) is 1. The SMILES string of the molecule is CC1OCCC1CNCc1ccccc1CC(=O)O. The van der Waals surface area contributed by atoms with E-state index >= 15 is 0 Å². The van der Waals surface area contributed by atoms with Gasteiger partial charge in [-0.15, -0.1) is 0 Å². The average molecular weight is 263 g/mol. The third kappa shape index (κ3) is 4.04. The fourth-order valence-corrected chi connectivity index (χ4v) is 2.50. The lowest BCUT2D eigenvalue weighted by molar-refractivity contribution is -0.136. The van der Waals surface area contributed by atoms with Gasteiger partial charge in [-0.2, -0.15) is 0 Å². The lowest BCUT2D eigenvalue weighted by Crippen LogP contribution is -2.27. The molecule has 0 aromatic heterocycles. The Morgan fingerprint density at radius 3 is 2.79 bits per heavy atom. The zero-order chi connectivity index (χ0) is 13.7. The number of hydrogen-bond acceptors (Lipinski definition) is 3. The number of hydrogen-bond donors (Lipinski definition) is 2. The molecule has 1 saturated heterocycles. The van der Waals surface area contributed by atoms with Crippen LogP contribution in [0, 0.1) is 5.92 Å². The van der Waals surface area contributed by atoms with Gasteiger partial charge in [0.15, 0.2) is 0 Å². The summed E-state index contributed by atoms with van der Waals surface area (Å²) in [6, 6.07) is 7.70. The Bertz CT molecular complexity index is 433. The van der Waals surface area contributed by atoms with Crippen LogP contribution in [0.4, 0.5) is 0 Å². The quantitative estimate of drug-likeness (QED) is 0.822. The Morgan fingerprint density at radius 2 is 2.16 bits per heavy atom. The van der Waals surface area contributed by atoms with Gasteiger partial charge in [0.25, 0.3) is 0 Å². The molecule has 1 aliphatic rings. The van der Waals surface area contributed by atoms with E-state index < -0.39 is 5.97 Å². The van der Waals surface area contributed by atoms with Gasteiger partial charge in [-0.25, -0.2) is 0 Å². The molecule has 0 spiro atoms. The Hall–Kier alpha value is -1.39. The van der Waals surface area contributed by atoms with Crippen LogP contribution in [-0.4, -0.2) is 30.3 Å². The molecule has 0 radical (unpaired) electrons. The maximum atomic E-state index is 10.8. The van der Waals surface area contributed by atoms with Crippen LogP contribution in [0.3, 0.4) is 0 Å². The standard InChI is InChI=1S/C15H21NO3/c1-11-13(6-7-19-11)9-16-10-14-5-3-2-4-12(14)8-15(17)18/h2-5,11,13,16H,6-10H2,1H3,(H,17,18). The molecule has 1 heterocycles. The minimum atomic E-state index is -0.787. The van der Waals surface area contributed by atoms with Gasteiger partial charge in [-0.05, 0) is 30.4 Å². The van der Waals surface area contributed by atoms with Gasteiger partial charge >= 0.3 is 5.97 Å². The summed E-state index contributed by atoms with van der Waals surface area (Å²) >= 11 is 0. The number of benzene rings is 1. The highest BCUT2D eigenvalue weighted by Gasteiger charge is 2.23. The van der Waals surface area contributed by atoms with Gasteiger partial charge in [0.05, 0.1) is 12.5 Å². The summed E-state index contributed by atoms with van der Waals surface area (Å²) in [5.74, 6) is -0.225. The molecule has 0 bridgehead atoms. The lowest BCUT2D eigenvalue weighted by atomic mass is 10.0. The monoisotopic (exact) mass is 263 g/mol. The van der Waals surface area contributed by atoms with Crippen molar-refractivity contribution >= 4 is 5.97 Å². The summed E-state index contributed by atoms with van der Waals surface area (Å²) in [7, 11) is 0. The lowest BCUT2D eigenvalue weighted by Gasteiger charge is -2.15. The molecule has 1 aromatic carbocycles. The van der Waals surface area contributed by atoms with Crippen molar-refractivity contribution in [3.8, 4) is 0 Å². The Kier molecular flexibility index (Phi) is 4.93. The summed E-state index contributed by atoms with van der Waals surface area (Å²) in [5, 5.41) is 12.3. The van der Waals surface area contributed by atoms with Crippen LogP contribution in [-0.2, 0) is 22.5 Å². The number of carbonyl (C=O) groups is 1. The van der Waals surface area contributed by atoms with E-state index in [1.807, 2.05) is 24.3 Å². The van der Waals surface area contributed by atoms with Crippen molar-refractivity contribution in [2.24, 2.45) is 5.92 Å². The van der Waals surface area contributed by atoms with E-state index in [9.17, 15) is 4.79 Å². The second-order valence-electron chi connectivity index (χ2n) is 5.09. The van der Waals surface area contributed by atoms with E-state index in [1.165, 1.54) is 0 Å². The molecule has 2 atom stereocenters. The molecule has 4 heteroatoms. The smallest absolute Gasteiger partial charge is 0.307 e. The molecule has 4 nitrogen and oxygen atoms in total. The van der Waals surface area contributed by atoms with Gasteiger partial charge in [0.2, 0.25) is 0 Å². The number of carboxylic acids is 1. The first-order chi connectivity index (χ1) is 9.16. The molecular weight excluding hydrogens is 242 g/mol. The van der Waals surface area contributed by atoms with Gasteiger partial charge in [0.1, 0.15) is 0 Å². The predicted molar refractivity (Wildman–Crippen MR) is 73.0 cm³/mol. The minimum absolute atomic E-state index is 0.0841. The Labute approximate surface area is 113 Å². The predicted octanol–water partition coefficient (Wildman–Crippen LogP) is 1.83. The van der Waals surface area contributed by atoms with Gasteiger partial charge in [-0.3, -0.25) is 4.79 Å². The summed E-state index contributed by atoms with van der Waals surface area (Å²) in [6.07, 6.45) is 1.51. The summed E-state index contributed by atoms with van der Waals surface area (Å²) in [4.78, 5) is 10.8. The van der Waals surface area contributed by atoms with Gasteiger partial charge < -0.3 is 15.2 Å². The third-order valence-electron chi connectivity index (χ3n) is 3.72. The van der Waals surface area contributed by atoms with E-state index in [0.717, 1.165) is 30.7 Å². The van der Waals surface area contributed by atoms with Crippen molar-refractivity contribution in [3.05, 3.63) is 35.4 Å². The number of carboxylic acid groups (broad SMARTS) is 1. The topological polar surface area (TPSA) is 58.6 Å². The van der Waals surface area contributed by atoms with Crippen LogP contribution in [0.15, 0.2) is 24.3 Å². The van der Waals surface area contributed by atoms with Crippen molar-refractivity contribution < 1.29 is 14.6 Å². The fraction of sp³-hybridized carbons (Fsp3) is 0.533. The maximum absolute atomic E-state index is 10.8. The summed E-state index contributed by atoms with van der Waals surface area (Å²) < 4.78 is 5.53. The Balaban J connectivity index is 1.86. The minimum Gasteiger partial charge on any atom is -0.481 e. The highest BCUT2D eigenvalue weighted by Crippen LogP contribution is 2.19. The van der Waals surface area contributed by atoms with E-state index in [2.05, 4.69) is 12.2 Å². The van der Waals surface area contributed by atoms with Crippen molar-refractivity contribution in [1.82, 2.24) is 5.32 Å². The van der Waals surface area contributed by atoms with Crippen LogP contribution in [0.1, 0.15) is 24.5 Å². The van der Waals surface area contributed by atoms with Crippen LogP contribution >= 0.6 is 0 Å². The van der Waals surface area contributed by atoms with Crippen molar-refractivity contribution in [3.63, 3.8) is 0 Å². The van der Waals surface area contributed by atoms with Crippen molar-refractivity contribution in [1.29, 1.82) is 0 Å². The number of rotatable bonds is 6. The van der Waals surface area contributed by atoms with Crippen molar-refractivity contribution in [2.75, 3.05) is 13.2 Å². The molecule has 1 fully saturated rings. The second kappa shape index (κ2) is 6.68. The van der Waals surface area contributed by atoms with Crippen LogP contribution in [0.25, 0.3) is 0 Å². The zero-order valence-electron chi connectivity index (χ0n) is 11.3. The van der Waals surface area contributed by atoms with Crippen LogP contribution in [0.2, 0.25) is 0 Å². The molecule has 104 valence electrons. The largest absolute Gasteiger partial charge is 0.481 e. The van der Waals surface area contributed by atoms with E-state index in [-0.39, 0.29) is 6.42 Å². The molecule has 2 unspecified atom stereocenters. The first kappa shape index (κ1) is 14.0. The second-order valence-corrected chi connectivity index (χ2v) is 5.09. The average Bonchev–Trinajstić information content (AvgIpc) is 2.77. The summed E-state index contributed by atoms with van der Waals surface area (Å²) in [5.41, 5.74) is 1.95. The molecular formula is C15H21NO3. The molecule has 1 aliphatic heterocycles. The molecule has 0 saturated carbocycles. The van der Waals surface area contributed by atoms with Gasteiger partial charge in [-0.1, -0.05) is 24.3 Å². The molecule has 2 rings (SSSR count). The van der Waals surface area contributed by atoms with Crippen molar-refractivity contribution in [2.45, 2.75) is 32.4 Å². The first-order valence-electron chi connectivity index (χ1n) is 6.77. The van der Waals surface area contributed by atoms with E-state index in [1.54, 1.807) is 0 Å². The zero-order valence-corrected chi connectivity index (χ0v) is 11.3. The highest BCUT2D eigenvalue weighted by atomic mass is 16.5. The van der Waals surface area contributed by atoms with Crippen LogP contribution in [0.5, 0.6) is 0 Å². The molecule has 2 N–H and O–H groups in total. The number of aliphatic carboxylic acids is 1. The number of ether oxygens (including phenoxy) is 1. The molecule has 0 aliphatic carbocycles. The fourth-order valence-electron chi connectivity index (χ4n) is 2.50. The first-order valence-corrected chi connectivity index (χ1v) is 6.77. The van der Waals surface area contributed by atoms with E-state index in [0.29, 0.717) is 18.6 Å². The normalized spacial score (nSPS) is 22.6. The molecule has 1 aromatic rings.